The van der Waals surface area contributed by atoms with E-state index in [1.165, 1.54) is 18.4 Å². The molecule has 1 aliphatic carbocycles. The van der Waals surface area contributed by atoms with Gasteiger partial charge in [-0.15, -0.1) is 0 Å². The number of hydrogen-bond acceptors (Lipinski definition) is 4. The number of para-hydroxylation sites is 1. The van der Waals surface area contributed by atoms with Gasteiger partial charge in [0.05, 0.1) is 26.3 Å². The van der Waals surface area contributed by atoms with E-state index in [2.05, 4.69) is 23.2 Å². The van der Waals surface area contributed by atoms with Gasteiger partial charge in [-0.3, -0.25) is 9.59 Å². The van der Waals surface area contributed by atoms with Gasteiger partial charge in [0.15, 0.2) is 11.5 Å². The van der Waals surface area contributed by atoms with Crippen LogP contribution in [0.4, 0.5) is 0 Å². The van der Waals surface area contributed by atoms with Gasteiger partial charge in [-0.05, 0) is 68.4 Å². The predicted octanol–water partition coefficient (Wildman–Crippen LogP) is 5.15. The predicted molar refractivity (Wildman–Crippen MR) is 146 cm³/mol. The van der Waals surface area contributed by atoms with E-state index >= 15 is 0 Å². The Bertz CT molecular complexity index is 1410. The lowest BCUT2D eigenvalue weighted by Gasteiger charge is -2.47. The summed E-state index contributed by atoms with van der Waals surface area (Å²) in [6.45, 7) is 3.18. The second-order valence-electron chi connectivity index (χ2n) is 10.4. The number of nitrogens with one attached hydrogen (secondary N) is 1. The number of H-pyrrole nitrogens is 1. The lowest BCUT2D eigenvalue weighted by atomic mass is 9.86. The van der Waals surface area contributed by atoms with E-state index in [4.69, 9.17) is 9.47 Å². The van der Waals surface area contributed by atoms with Crippen LogP contribution in [0, 0.1) is 0 Å². The molecule has 2 aromatic carbocycles. The number of fused-ring (bicyclic) bond motifs is 4. The van der Waals surface area contributed by atoms with Gasteiger partial charge in [-0.25, -0.2) is 0 Å². The number of hydrogen-bond donors (Lipinski definition) is 1. The van der Waals surface area contributed by atoms with Crippen molar-refractivity contribution in [2.75, 3.05) is 26.8 Å². The van der Waals surface area contributed by atoms with Gasteiger partial charge in [0.2, 0.25) is 11.8 Å². The Kier molecular flexibility index (Phi) is 6.60. The average molecular weight is 514 g/mol. The van der Waals surface area contributed by atoms with Gasteiger partial charge in [-0.1, -0.05) is 35.9 Å². The Labute approximate surface area is 223 Å². The lowest BCUT2D eigenvalue weighted by molar-refractivity contribution is -0.158. The van der Waals surface area contributed by atoms with Crippen LogP contribution in [0.15, 0.2) is 54.1 Å². The van der Waals surface area contributed by atoms with Crippen LogP contribution < -0.4 is 9.47 Å². The molecule has 1 N–H and O–H groups in total. The summed E-state index contributed by atoms with van der Waals surface area (Å²) < 4.78 is 11.4. The van der Waals surface area contributed by atoms with Crippen LogP contribution in [0.3, 0.4) is 0 Å². The largest absolute Gasteiger partial charge is 0.493 e. The first kappa shape index (κ1) is 24.6. The molecule has 2 atom stereocenters. The maximum absolute atomic E-state index is 13.9. The van der Waals surface area contributed by atoms with Crippen molar-refractivity contribution in [3.63, 3.8) is 0 Å². The summed E-state index contributed by atoms with van der Waals surface area (Å²) in [6, 6.07) is 13.0. The quantitative estimate of drug-likeness (QED) is 0.444. The van der Waals surface area contributed by atoms with E-state index < -0.39 is 12.1 Å². The molecule has 0 saturated carbocycles. The summed E-state index contributed by atoms with van der Waals surface area (Å²) in [5.41, 5.74) is 5.40. The third-order valence-corrected chi connectivity index (χ3v) is 8.23. The normalized spacial score (nSPS) is 21.3. The molecule has 1 aromatic heterocycles. The van der Waals surface area contributed by atoms with Crippen molar-refractivity contribution >= 4 is 22.7 Å². The summed E-state index contributed by atoms with van der Waals surface area (Å²) >= 11 is 0. The van der Waals surface area contributed by atoms with Crippen LogP contribution in [-0.2, 0) is 16.0 Å². The van der Waals surface area contributed by atoms with Crippen molar-refractivity contribution < 1.29 is 19.1 Å². The van der Waals surface area contributed by atoms with Gasteiger partial charge in [0, 0.05) is 29.6 Å². The molecule has 0 bridgehead atoms. The molecule has 3 aromatic rings. The summed E-state index contributed by atoms with van der Waals surface area (Å²) in [5.74, 6) is 1.30. The number of aromatic nitrogens is 1. The number of methoxy groups -OCH3 is 1. The Morgan fingerprint density at radius 1 is 1.08 bits per heavy atom. The van der Waals surface area contributed by atoms with Crippen molar-refractivity contribution in [3.8, 4) is 11.5 Å². The molecule has 0 spiro atoms. The number of carbonyl (C=O) groups is 2. The molecule has 38 heavy (non-hydrogen) atoms. The zero-order valence-corrected chi connectivity index (χ0v) is 22.2. The molecular formula is C31H35N3O4. The number of amides is 2. The molecule has 7 nitrogen and oxygen atoms in total. The van der Waals surface area contributed by atoms with Crippen LogP contribution in [0.2, 0.25) is 0 Å². The molecule has 1 fully saturated rings. The van der Waals surface area contributed by atoms with Crippen molar-refractivity contribution in [2.45, 2.75) is 57.5 Å². The Hall–Kier alpha value is -3.74. The Balaban J connectivity index is 1.40. The van der Waals surface area contributed by atoms with Gasteiger partial charge in [0.1, 0.15) is 6.04 Å². The van der Waals surface area contributed by atoms with Gasteiger partial charge in [-0.2, -0.15) is 0 Å². The molecule has 1 unspecified atom stereocenters. The van der Waals surface area contributed by atoms with E-state index in [0.717, 1.165) is 47.0 Å². The molecule has 2 aliphatic heterocycles. The van der Waals surface area contributed by atoms with E-state index in [1.54, 1.807) is 12.0 Å². The monoisotopic (exact) mass is 513 g/mol. The Morgan fingerprint density at radius 2 is 1.95 bits per heavy atom. The zero-order chi connectivity index (χ0) is 26.2. The fourth-order valence-electron chi connectivity index (χ4n) is 6.40. The first-order chi connectivity index (χ1) is 18.6. The molecule has 198 valence electrons. The third-order valence-electron chi connectivity index (χ3n) is 8.23. The van der Waals surface area contributed by atoms with Gasteiger partial charge in [0.25, 0.3) is 0 Å². The van der Waals surface area contributed by atoms with Crippen LogP contribution in [0.25, 0.3) is 10.9 Å². The first-order valence-corrected chi connectivity index (χ1v) is 13.8. The average Bonchev–Trinajstić information content (AvgIpc) is 3.32. The second-order valence-corrected chi connectivity index (χ2v) is 10.4. The number of allylic oxidation sites excluding steroid dienone is 1. The summed E-state index contributed by atoms with van der Waals surface area (Å²) in [4.78, 5) is 34.9. The maximum Gasteiger partial charge on any atom is 0.246 e. The number of aromatic amines is 1. The van der Waals surface area contributed by atoms with E-state index in [9.17, 15) is 9.59 Å². The minimum Gasteiger partial charge on any atom is -0.493 e. The summed E-state index contributed by atoms with van der Waals surface area (Å²) in [7, 11) is 1.62. The second kappa shape index (κ2) is 10.2. The highest BCUT2D eigenvalue weighted by molar-refractivity contribution is 5.97. The third kappa shape index (κ3) is 4.24. The maximum atomic E-state index is 13.9. The number of carbonyl (C=O) groups excluding carboxylic acids is 2. The minimum atomic E-state index is -0.536. The van der Waals surface area contributed by atoms with Crippen LogP contribution in [0.5, 0.6) is 11.5 Å². The van der Waals surface area contributed by atoms with Crippen molar-refractivity contribution in [2.24, 2.45) is 0 Å². The zero-order valence-electron chi connectivity index (χ0n) is 22.2. The standard InChI is InChI=1S/C31H35N3O4/c1-3-38-26-14-13-21(17-27(26)37-2)30-29-23(22-11-7-8-12-24(22)32-29)18-25-31(36)33(19-28(35)34(25)30)16-15-20-9-5-4-6-10-20/h7-9,11-14,17,25,30,32H,3-6,10,15-16,18-19H2,1-2H3/t25-,30?/m0/s1. The molecular weight excluding hydrogens is 478 g/mol. The van der Waals surface area contributed by atoms with Crippen molar-refractivity contribution in [1.29, 1.82) is 0 Å². The SMILES string of the molecule is CCOc1ccc(C2c3[nH]c4ccccc4c3C[C@H]3C(=O)N(CCC4=CCCCC4)CC(=O)N23)cc1OC. The van der Waals surface area contributed by atoms with Crippen molar-refractivity contribution in [3.05, 3.63) is 70.9 Å². The number of ether oxygens (including phenoxy) is 2. The fraction of sp³-hybridized carbons (Fsp3) is 0.419. The van der Waals surface area contributed by atoms with E-state index in [1.807, 2.05) is 42.2 Å². The molecule has 7 heteroatoms. The van der Waals surface area contributed by atoms with E-state index in [-0.39, 0.29) is 18.4 Å². The fourth-order valence-corrected chi connectivity index (χ4v) is 6.40. The van der Waals surface area contributed by atoms with Crippen LogP contribution in [0.1, 0.15) is 61.9 Å². The molecule has 1 saturated heterocycles. The minimum absolute atomic E-state index is 0.0191. The molecule has 2 amide bonds. The van der Waals surface area contributed by atoms with Crippen LogP contribution in [-0.4, -0.2) is 59.4 Å². The Morgan fingerprint density at radius 3 is 2.74 bits per heavy atom. The van der Waals surface area contributed by atoms with Crippen LogP contribution >= 0.6 is 0 Å². The van der Waals surface area contributed by atoms with Gasteiger partial charge >= 0.3 is 0 Å². The van der Waals surface area contributed by atoms with Crippen molar-refractivity contribution in [1.82, 2.24) is 14.8 Å². The number of rotatable bonds is 7. The number of benzene rings is 2. The molecule has 0 radical (unpaired) electrons. The molecule has 6 rings (SSSR count). The summed E-state index contributed by atoms with van der Waals surface area (Å²) in [5, 5.41) is 1.11. The van der Waals surface area contributed by atoms with E-state index in [0.29, 0.717) is 31.1 Å². The topological polar surface area (TPSA) is 74.9 Å². The molecule has 3 aliphatic rings. The summed E-state index contributed by atoms with van der Waals surface area (Å²) in [6.07, 6.45) is 8.36. The highest BCUT2D eigenvalue weighted by atomic mass is 16.5. The lowest BCUT2D eigenvalue weighted by Crippen LogP contribution is -2.63. The smallest absolute Gasteiger partial charge is 0.246 e. The molecule has 3 heterocycles. The first-order valence-electron chi connectivity index (χ1n) is 13.8. The number of piperazine rings is 1. The highest BCUT2D eigenvalue weighted by Gasteiger charge is 2.48. The van der Waals surface area contributed by atoms with Gasteiger partial charge < -0.3 is 24.3 Å². The highest BCUT2D eigenvalue weighted by Crippen LogP contribution is 2.44. The number of nitrogens with zero attached hydrogens (tertiary/aromatic N) is 2.